The van der Waals surface area contributed by atoms with E-state index in [4.69, 9.17) is 0 Å². The highest BCUT2D eigenvalue weighted by Gasteiger charge is 2.42. The summed E-state index contributed by atoms with van der Waals surface area (Å²) >= 11 is 1.26. The molecule has 3 aromatic heterocycles. The fourth-order valence-electron chi connectivity index (χ4n) is 5.50. The average molecular weight is 488 g/mol. The number of carbonyl (C=O) groups excluding carboxylic acids is 1. The van der Waals surface area contributed by atoms with Gasteiger partial charge in [-0.05, 0) is 36.6 Å². The van der Waals surface area contributed by atoms with Crippen LogP contribution < -0.4 is 9.77 Å². The summed E-state index contributed by atoms with van der Waals surface area (Å²) in [6.45, 7) is 3.27. The molecule has 2 saturated heterocycles. The van der Waals surface area contributed by atoms with Gasteiger partial charge in [0.2, 0.25) is 0 Å². The lowest BCUT2D eigenvalue weighted by molar-refractivity contribution is 0.0782. The van der Waals surface area contributed by atoms with Gasteiger partial charge < -0.3 is 14.4 Å². The highest BCUT2D eigenvalue weighted by Crippen LogP contribution is 2.36. The Kier molecular flexibility index (Phi) is 4.60. The van der Waals surface area contributed by atoms with Crippen LogP contribution >= 0.6 is 11.3 Å². The van der Waals surface area contributed by atoms with Gasteiger partial charge in [-0.3, -0.25) is 14.3 Å². The second-order valence-electron chi connectivity index (χ2n) is 9.99. The predicted molar refractivity (Wildman–Crippen MR) is 134 cm³/mol. The smallest absolute Gasteiger partial charge is 0.307 e. The Morgan fingerprint density at radius 2 is 1.83 bits per heavy atom. The van der Waals surface area contributed by atoms with Crippen molar-refractivity contribution in [2.45, 2.75) is 18.9 Å². The second kappa shape index (κ2) is 7.74. The Morgan fingerprint density at radius 3 is 2.60 bits per heavy atom. The first-order chi connectivity index (χ1) is 17.0. The third-order valence-electron chi connectivity index (χ3n) is 7.63. The van der Waals surface area contributed by atoms with Gasteiger partial charge in [-0.2, -0.15) is 10.2 Å². The minimum absolute atomic E-state index is 0.0403. The fraction of sp³-hybridized carbons (Fsp3) is 0.400. The SMILES string of the molecule is Cn1c(=O)sc2cc(-c3cnnc(N4C[C@H]5CN(C(=O)c6cnn(C7CC7)c6)C[C@H]5C4)c3)ccc21. The number of fused-ring (bicyclic) bond motifs is 2. The number of carbonyl (C=O) groups is 1. The van der Waals surface area contributed by atoms with Gasteiger partial charge in [0, 0.05) is 56.8 Å². The summed E-state index contributed by atoms with van der Waals surface area (Å²) in [6.07, 6.45) is 7.72. The molecule has 9 nitrogen and oxygen atoms in total. The van der Waals surface area contributed by atoms with Gasteiger partial charge in [-0.1, -0.05) is 17.4 Å². The van der Waals surface area contributed by atoms with Gasteiger partial charge in [-0.25, -0.2) is 0 Å². The molecular weight excluding hydrogens is 462 g/mol. The van der Waals surface area contributed by atoms with Crippen molar-refractivity contribution in [1.82, 2.24) is 29.4 Å². The van der Waals surface area contributed by atoms with Crippen LogP contribution in [0, 0.1) is 11.8 Å². The standard InChI is InChI=1S/C25H25N7O2S/c1-29-21-5-2-15(6-22(21)35-25(29)34)16-7-23(28-26-8-16)30-10-18-12-31(13-19(18)11-30)24(33)17-9-27-32(14-17)20-3-4-20/h2,5-9,14,18-20H,3-4,10-13H2,1H3/t18-,19+. The maximum Gasteiger partial charge on any atom is 0.307 e. The van der Waals surface area contributed by atoms with Crippen LogP contribution in [0.15, 0.2) is 47.7 Å². The van der Waals surface area contributed by atoms with E-state index in [1.54, 1.807) is 24.0 Å². The molecular formula is C25H25N7O2S. The number of aryl methyl sites for hydroxylation is 1. The molecule has 2 aliphatic heterocycles. The van der Waals surface area contributed by atoms with Crippen LogP contribution in [0.25, 0.3) is 21.3 Å². The van der Waals surface area contributed by atoms with Crippen LogP contribution in [-0.2, 0) is 7.05 Å². The molecule has 3 fully saturated rings. The Morgan fingerprint density at radius 1 is 1.03 bits per heavy atom. The predicted octanol–water partition coefficient (Wildman–Crippen LogP) is 2.80. The number of amides is 1. The van der Waals surface area contributed by atoms with Gasteiger partial charge in [0.25, 0.3) is 5.91 Å². The van der Waals surface area contributed by atoms with Crippen molar-refractivity contribution >= 4 is 33.3 Å². The summed E-state index contributed by atoms with van der Waals surface area (Å²) in [5.41, 5.74) is 3.66. The maximum absolute atomic E-state index is 13.0. The molecule has 1 amide bonds. The Labute approximate surface area is 205 Å². The summed E-state index contributed by atoms with van der Waals surface area (Å²) < 4.78 is 4.58. The molecule has 1 saturated carbocycles. The molecule has 1 aliphatic carbocycles. The van der Waals surface area contributed by atoms with E-state index in [1.165, 1.54) is 11.3 Å². The molecule has 0 spiro atoms. The minimum Gasteiger partial charge on any atom is -0.354 e. The highest BCUT2D eigenvalue weighted by atomic mass is 32.1. The van der Waals surface area contributed by atoms with E-state index < -0.39 is 0 Å². The van der Waals surface area contributed by atoms with Gasteiger partial charge >= 0.3 is 4.87 Å². The number of nitrogens with zero attached hydrogens (tertiary/aromatic N) is 7. The third kappa shape index (κ3) is 3.54. The molecule has 3 aliphatic rings. The van der Waals surface area contributed by atoms with Crippen molar-refractivity contribution in [2.75, 3.05) is 31.1 Å². The minimum atomic E-state index is 0.0403. The van der Waals surface area contributed by atoms with Gasteiger partial charge in [0.15, 0.2) is 5.82 Å². The number of hydrogen-bond donors (Lipinski definition) is 0. The van der Waals surface area contributed by atoms with Crippen molar-refractivity contribution in [1.29, 1.82) is 0 Å². The monoisotopic (exact) mass is 487 g/mol. The van der Waals surface area contributed by atoms with Crippen LogP contribution in [0.5, 0.6) is 0 Å². The van der Waals surface area contributed by atoms with E-state index in [0.717, 1.165) is 66.2 Å². The largest absolute Gasteiger partial charge is 0.354 e. The fourth-order valence-corrected chi connectivity index (χ4v) is 6.42. The number of benzene rings is 1. The second-order valence-corrected chi connectivity index (χ2v) is 11.0. The van der Waals surface area contributed by atoms with E-state index in [2.05, 4.69) is 32.3 Å². The Balaban J connectivity index is 1.06. The lowest BCUT2D eigenvalue weighted by Gasteiger charge is -2.22. The Hall–Kier alpha value is -3.53. The molecule has 10 heteroatoms. The molecule has 4 aromatic rings. The molecule has 1 aromatic carbocycles. The van der Waals surface area contributed by atoms with Crippen molar-refractivity contribution < 1.29 is 4.79 Å². The number of thiazole rings is 1. The van der Waals surface area contributed by atoms with E-state index in [-0.39, 0.29) is 10.8 Å². The first-order valence-electron chi connectivity index (χ1n) is 12.0. The zero-order valence-corrected chi connectivity index (χ0v) is 20.2. The average Bonchev–Trinajstić information content (AvgIpc) is 3.18. The van der Waals surface area contributed by atoms with Crippen LogP contribution in [0.4, 0.5) is 5.82 Å². The summed E-state index contributed by atoms with van der Waals surface area (Å²) in [5.74, 6) is 1.82. The maximum atomic E-state index is 13.0. The number of anilines is 1. The van der Waals surface area contributed by atoms with E-state index in [0.29, 0.717) is 23.4 Å². The summed E-state index contributed by atoms with van der Waals surface area (Å²) in [7, 11) is 1.80. The first-order valence-corrected chi connectivity index (χ1v) is 12.9. The summed E-state index contributed by atoms with van der Waals surface area (Å²) in [6, 6.07) is 8.64. The third-order valence-corrected chi connectivity index (χ3v) is 8.63. The van der Waals surface area contributed by atoms with Crippen LogP contribution in [0.3, 0.4) is 0 Å². The number of likely N-dealkylation sites (tertiary alicyclic amines) is 1. The number of hydrogen-bond acceptors (Lipinski definition) is 7. The number of aromatic nitrogens is 5. The summed E-state index contributed by atoms with van der Waals surface area (Å²) in [4.78, 5) is 29.3. The number of rotatable bonds is 4. The van der Waals surface area contributed by atoms with Crippen molar-refractivity contribution in [3.63, 3.8) is 0 Å². The lowest BCUT2D eigenvalue weighted by Crippen LogP contribution is -2.33. The Bertz CT molecular complexity index is 1500. The van der Waals surface area contributed by atoms with Crippen molar-refractivity contribution in [3.8, 4) is 11.1 Å². The molecule has 178 valence electrons. The summed E-state index contributed by atoms with van der Waals surface area (Å²) in [5, 5.41) is 13.1. The molecule has 7 rings (SSSR count). The molecule has 35 heavy (non-hydrogen) atoms. The first kappa shape index (κ1) is 20.8. The normalized spacial score (nSPS) is 21.7. The molecule has 0 bridgehead atoms. The van der Waals surface area contributed by atoms with Crippen LogP contribution in [-0.4, -0.2) is 61.5 Å². The van der Waals surface area contributed by atoms with Crippen molar-refractivity contribution in [2.24, 2.45) is 18.9 Å². The zero-order chi connectivity index (χ0) is 23.7. The van der Waals surface area contributed by atoms with Crippen molar-refractivity contribution in [3.05, 3.63) is 58.1 Å². The topological polar surface area (TPSA) is 89.2 Å². The molecule has 0 unspecified atom stereocenters. The van der Waals surface area contributed by atoms with Crippen LogP contribution in [0.1, 0.15) is 29.2 Å². The molecule has 0 N–H and O–H groups in total. The molecule has 5 heterocycles. The van der Waals surface area contributed by atoms with E-state index in [1.807, 2.05) is 27.9 Å². The van der Waals surface area contributed by atoms with Gasteiger partial charge in [0.1, 0.15) is 0 Å². The van der Waals surface area contributed by atoms with E-state index >= 15 is 0 Å². The van der Waals surface area contributed by atoms with Gasteiger partial charge in [0.05, 0.1) is 34.2 Å². The van der Waals surface area contributed by atoms with Gasteiger partial charge in [-0.15, -0.1) is 5.10 Å². The lowest BCUT2D eigenvalue weighted by atomic mass is 10.0. The molecule has 2 atom stereocenters. The quantitative estimate of drug-likeness (QED) is 0.440. The van der Waals surface area contributed by atoms with E-state index in [9.17, 15) is 9.59 Å². The highest BCUT2D eigenvalue weighted by molar-refractivity contribution is 7.16. The van der Waals surface area contributed by atoms with Crippen LogP contribution in [0.2, 0.25) is 0 Å². The zero-order valence-electron chi connectivity index (χ0n) is 19.4. The molecule has 0 radical (unpaired) electrons.